The van der Waals surface area contributed by atoms with Gasteiger partial charge in [0, 0.05) is 22.3 Å². The molecule has 1 N–H and O–H groups in total. The second kappa shape index (κ2) is 8.42. The molecule has 0 saturated heterocycles. The number of hydrogen-bond donors (Lipinski definition) is 1. The third kappa shape index (κ3) is 10.2. The summed E-state index contributed by atoms with van der Waals surface area (Å²) in [6, 6.07) is 0. The van der Waals surface area contributed by atoms with E-state index in [4.69, 9.17) is 0 Å². The third-order valence-corrected chi connectivity index (χ3v) is 3.58. The van der Waals surface area contributed by atoms with Gasteiger partial charge < -0.3 is 5.32 Å². The Hall–Kier alpha value is 0.110. The lowest BCUT2D eigenvalue weighted by molar-refractivity contribution is 0.550. The van der Waals surface area contributed by atoms with Gasteiger partial charge in [-0.05, 0) is 31.3 Å². The molecule has 0 aliphatic carbocycles. The van der Waals surface area contributed by atoms with Crippen molar-refractivity contribution >= 4 is 10.8 Å². The Morgan fingerprint density at radius 2 is 1.79 bits per heavy atom. The fourth-order valence-corrected chi connectivity index (χ4v) is 2.58. The number of nitrogens with one attached hydrogen (secondary N) is 1. The van der Waals surface area contributed by atoms with E-state index in [1.165, 1.54) is 0 Å². The van der Waals surface area contributed by atoms with E-state index < -0.39 is 10.8 Å². The Balaban J connectivity index is 3.23. The van der Waals surface area contributed by atoms with Crippen molar-refractivity contribution in [1.29, 1.82) is 0 Å². The first-order chi connectivity index (χ1) is 6.52. The highest BCUT2D eigenvalue weighted by Crippen LogP contribution is 1.97. The first kappa shape index (κ1) is 14.1. The van der Waals surface area contributed by atoms with Crippen LogP contribution in [0.3, 0.4) is 0 Å². The summed E-state index contributed by atoms with van der Waals surface area (Å²) in [4.78, 5) is 0. The van der Waals surface area contributed by atoms with Gasteiger partial charge in [0.25, 0.3) is 0 Å². The van der Waals surface area contributed by atoms with Gasteiger partial charge in [-0.15, -0.1) is 0 Å². The number of hydrogen-bond acceptors (Lipinski definition) is 2. The van der Waals surface area contributed by atoms with Crippen molar-refractivity contribution in [3.05, 3.63) is 0 Å². The largest absolute Gasteiger partial charge is 0.316 e. The molecular weight excluding hydrogens is 194 g/mol. The summed E-state index contributed by atoms with van der Waals surface area (Å²) >= 11 is 0. The van der Waals surface area contributed by atoms with Gasteiger partial charge in [-0.1, -0.05) is 27.7 Å². The van der Waals surface area contributed by atoms with Crippen LogP contribution in [0.4, 0.5) is 0 Å². The summed E-state index contributed by atoms with van der Waals surface area (Å²) in [6.07, 6.45) is 1.03. The van der Waals surface area contributed by atoms with Crippen LogP contribution in [0.1, 0.15) is 34.1 Å². The van der Waals surface area contributed by atoms with Crippen LogP contribution < -0.4 is 5.32 Å². The van der Waals surface area contributed by atoms with Crippen LogP contribution in [0.15, 0.2) is 0 Å². The minimum atomic E-state index is -0.604. The van der Waals surface area contributed by atoms with E-state index >= 15 is 0 Å². The standard InChI is InChI=1S/C11H25NOS/c1-10(2)8-12-6-5-7-14(13)9-11(3)4/h10-12H,5-9H2,1-4H3. The second-order valence-corrected chi connectivity index (χ2v) is 6.28. The Labute approximate surface area is 91.3 Å². The van der Waals surface area contributed by atoms with Crippen molar-refractivity contribution in [3.63, 3.8) is 0 Å². The van der Waals surface area contributed by atoms with Crippen LogP contribution >= 0.6 is 0 Å². The maximum absolute atomic E-state index is 11.4. The van der Waals surface area contributed by atoms with Crippen LogP contribution in [-0.4, -0.2) is 28.8 Å². The first-order valence-electron chi connectivity index (χ1n) is 5.58. The van der Waals surface area contributed by atoms with E-state index in [0.29, 0.717) is 11.8 Å². The molecule has 0 aromatic carbocycles. The zero-order valence-electron chi connectivity index (χ0n) is 10.0. The van der Waals surface area contributed by atoms with Gasteiger partial charge in [-0.25, -0.2) is 0 Å². The van der Waals surface area contributed by atoms with E-state index in [9.17, 15) is 4.21 Å². The monoisotopic (exact) mass is 219 g/mol. The summed E-state index contributed by atoms with van der Waals surface area (Å²) in [5, 5.41) is 3.36. The molecule has 1 atom stereocenters. The van der Waals surface area contributed by atoms with Gasteiger partial charge in [0.15, 0.2) is 0 Å². The topological polar surface area (TPSA) is 29.1 Å². The predicted octanol–water partition coefficient (Wildman–Crippen LogP) is 2.03. The Bertz CT molecular complexity index is 157. The second-order valence-electron chi connectivity index (χ2n) is 4.66. The summed E-state index contributed by atoms with van der Waals surface area (Å²) in [5.74, 6) is 2.96. The molecule has 0 aliphatic rings. The molecule has 0 saturated carbocycles. The maximum Gasteiger partial charge on any atom is 0.0257 e. The Kier molecular flexibility index (Phi) is 8.49. The zero-order valence-corrected chi connectivity index (χ0v) is 10.8. The molecule has 0 heterocycles. The molecule has 0 aromatic rings. The average molecular weight is 219 g/mol. The molecule has 0 aromatic heterocycles. The molecule has 0 bridgehead atoms. The predicted molar refractivity (Wildman–Crippen MR) is 65.0 cm³/mol. The molecule has 0 amide bonds. The fourth-order valence-electron chi connectivity index (χ4n) is 1.20. The maximum atomic E-state index is 11.4. The van der Waals surface area contributed by atoms with Crippen molar-refractivity contribution < 1.29 is 4.21 Å². The van der Waals surface area contributed by atoms with Gasteiger partial charge in [0.1, 0.15) is 0 Å². The van der Waals surface area contributed by atoms with E-state index in [2.05, 4.69) is 33.0 Å². The van der Waals surface area contributed by atoms with Crippen LogP contribution in [0.5, 0.6) is 0 Å². The molecule has 0 fully saturated rings. The van der Waals surface area contributed by atoms with E-state index in [1.807, 2.05) is 0 Å². The summed E-state index contributed by atoms with van der Waals surface area (Å²) < 4.78 is 11.4. The molecule has 0 rings (SSSR count). The lowest BCUT2D eigenvalue weighted by Crippen LogP contribution is -2.22. The van der Waals surface area contributed by atoms with E-state index in [-0.39, 0.29) is 0 Å². The average Bonchev–Trinajstić information content (AvgIpc) is 2.01. The lowest BCUT2D eigenvalue weighted by Gasteiger charge is -2.07. The Morgan fingerprint density at radius 3 is 2.29 bits per heavy atom. The Morgan fingerprint density at radius 1 is 1.14 bits per heavy atom. The van der Waals surface area contributed by atoms with Crippen molar-refractivity contribution in [1.82, 2.24) is 5.32 Å². The van der Waals surface area contributed by atoms with E-state index in [0.717, 1.165) is 31.0 Å². The highest BCUT2D eigenvalue weighted by Gasteiger charge is 2.02. The smallest absolute Gasteiger partial charge is 0.0257 e. The molecule has 0 spiro atoms. The first-order valence-corrected chi connectivity index (χ1v) is 7.07. The third-order valence-electron chi connectivity index (χ3n) is 1.80. The highest BCUT2D eigenvalue weighted by molar-refractivity contribution is 7.84. The SMILES string of the molecule is CC(C)CNCCCS(=O)CC(C)C. The minimum Gasteiger partial charge on any atom is -0.316 e. The molecule has 0 radical (unpaired) electrons. The molecular formula is C11H25NOS. The summed E-state index contributed by atoms with van der Waals surface area (Å²) in [6.45, 7) is 10.7. The summed E-state index contributed by atoms with van der Waals surface area (Å²) in [7, 11) is -0.604. The molecule has 1 unspecified atom stereocenters. The van der Waals surface area contributed by atoms with Crippen molar-refractivity contribution in [2.45, 2.75) is 34.1 Å². The van der Waals surface area contributed by atoms with Crippen LogP contribution in [0.2, 0.25) is 0 Å². The van der Waals surface area contributed by atoms with Gasteiger partial charge in [-0.3, -0.25) is 4.21 Å². The molecule has 86 valence electrons. The van der Waals surface area contributed by atoms with Crippen molar-refractivity contribution in [3.8, 4) is 0 Å². The van der Waals surface area contributed by atoms with Crippen molar-refractivity contribution in [2.75, 3.05) is 24.6 Å². The van der Waals surface area contributed by atoms with Gasteiger partial charge in [0.2, 0.25) is 0 Å². The summed E-state index contributed by atoms with van der Waals surface area (Å²) in [5.41, 5.74) is 0. The highest BCUT2D eigenvalue weighted by atomic mass is 32.2. The molecule has 14 heavy (non-hydrogen) atoms. The zero-order chi connectivity index (χ0) is 11.0. The lowest BCUT2D eigenvalue weighted by atomic mass is 10.2. The van der Waals surface area contributed by atoms with Crippen LogP contribution in [0, 0.1) is 11.8 Å². The van der Waals surface area contributed by atoms with Gasteiger partial charge in [-0.2, -0.15) is 0 Å². The minimum absolute atomic E-state index is 0.555. The van der Waals surface area contributed by atoms with Gasteiger partial charge in [0.05, 0.1) is 0 Å². The molecule has 3 heteroatoms. The van der Waals surface area contributed by atoms with Crippen molar-refractivity contribution in [2.24, 2.45) is 11.8 Å². The van der Waals surface area contributed by atoms with Gasteiger partial charge >= 0.3 is 0 Å². The fraction of sp³-hybridized carbons (Fsp3) is 1.00. The molecule has 0 aliphatic heterocycles. The van der Waals surface area contributed by atoms with Crippen LogP contribution in [0.25, 0.3) is 0 Å². The normalized spacial score (nSPS) is 13.9. The van der Waals surface area contributed by atoms with Crippen LogP contribution in [-0.2, 0) is 10.8 Å². The van der Waals surface area contributed by atoms with E-state index in [1.54, 1.807) is 0 Å². The quantitative estimate of drug-likeness (QED) is 0.633. The number of rotatable bonds is 8. The molecule has 2 nitrogen and oxygen atoms in total.